The summed E-state index contributed by atoms with van der Waals surface area (Å²) in [5, 5.41) is 10.0. The highest BCUT2D eigenvalue weighted by molar-refractivity contribution is 5.81. The highest BCUT2D eigenvalue weighted by Gasteiger charge is 2.42. The van der Waals surface area contributed by atoms with E-state index < -0.39 is 35.4 Å². The third-order valence-electron chi connectivity index (χ3n) is 7.10. The Bertz CT molecular complexity index is 1310. The van der Waals surface area contributed by atoms with E-state index in [0.29, 0.717) is 16.8 Å². The normalized spacial score (nSPS) is 15.4. The number of carboxylic acids is 1. The van der Waals surface area contributed by atoms with Gasteiger partial charge in [-0.25, -0.2) is 0 Å². The van der Waals surface area contributed by atoms with Crippen molar-refractivity contribution < 1.29 is 36.2 Å². The van der Waals surface area contributed by atoms with E-state index in [0.717, 1.165) is 12.1 Å². The second-order valence-electron chi connectivity index (χ2n) is 10.4. The van der Waals surface area contributed by atoms with Crippen LogP contribution in [0, 0.1) is 5.92 Å². The van der Waals surface area contributed by atoms with E-state index in [1.807, 2.05) is 4.90 Å². The molecule has 1 heterocycles. The molecule has 0 spiro atoms. The number of rotatable bonds is 7. The fourth-order valence-electron chi connectivity index (χ4n) is 5.18. The maximum absolute atomic E-state index is 14.7. The van der Waals surface area contributed by atoms with Gasteiger partial charge in [0.2, 0.25) is 0 Å². The van der Waals surface area contributed by atoms with Gasteiger partial charge in [0, 0.05) is 37.6 Å². The molecule has 0 aliphatic carbocycles. The average Bonchev–Trinajstić information content (AvgIpc) is 2.90. The van der Waals surface area contributed by atoms with Crippen molar-refractivity contribution in [3.8, 4) is 11.1 Å². The second kappa shape index (κ2) is 11.4. The first-order valence-electron chi connectivity index (χ1n) is 13.0. The molecule has 4 rings (SSSR count). The van der Waals surface area contributed by atoms with Crippen molar-refractivity contribution in [2.24, 2.45) is 5.92 Å². The van der Waals surface area contributed by atoms with Crippen molar-refractivity contribution in [1.82, 2.24) is 0 Å². The van der Waals surface area contributed by atoms with Gasteiger partial charge in [-0.05, 0) is 65.4 Å². The molecule has 1 unspecified atom stereocenters. The van der Waals surface area contributed by atoms with Crippen molar-refractivity contribution >= 4 is 17.3 Å². The number of nitrogens with zero attached hydrogens (tertiary/aromatic N) is 2. The molecule has 40 heavy (non-hydrogen) atoms. The van der Waals surface area contributed by atoms with Crippen molar-refractivity contribution in [1.29, 1.82) is 0 Å². The highest BCUT2D eigenvalue weighted by atomic mass is 19.4. The van der Waals surface area contributed by atoms with Crippen LogP contribution in [-0.2, 0) is 17.1 Å². The van der Waals surface area contributed by atoms with Gasteiger partial charge in [-0.2, -0.15) is 26.3 Å². The molecule has 1 saturated heterocycles. The summed E-state index contributed by atoms with van der Waals surface area (Å²) in [6.07, 6.45) is -9.23. The third kappa shape index (κ3) is 6.54. The molecule has 3 aromatic rings. The number of aliphatic carboxylic acids is 1. The van der Waals surface area contributed by atoms with Gasteiger partial charge in [0.05, 0.1) is 17.0 Å². The lowest BCUT2D eigenvalue weighted by Gasteiger charge is -2.39. The van der Waals surface area contributed by atoms with E-state index in [9.17, 15) is 36.2 Å². The van der Waals surface area contributed by atoms with Crippen LogP contribution in [0.15, 0.2) is 66.7 Å². The van der Waals surface area contributed by atoms with Crippen LogP contribution in [-0.4, -0.2) is 37.3 Å². The monoisotopic (exact) mass is 564 g/mol. The molecule has 3 aromatic carbocycles. The first-order valence-corrected chi connectivity index (χ1v) is 13.0. The van der Waals surface area contributed by atoms with Gasteiger partial charge in [-0.1, -0.05) is 44.2 Å². The lowest BCUT2D eigenvalue weighted by Crippen LogP contribution is -2.47. The van der Waals surface area contributed by atoms with Gasteiger partial charge in [0.1, 0.15) is 0 Å². The Morgan fingerprint density at radius 1 is 0.800 bits per heavy atom. The van der Waals surface area contributed by atoms with Gasteiger partial charge in [-0.15, -0.1) is 0 Å². The Kier molecular flexibility index (Phi) is 8.37. The summed E-state index contributed by atoms with van der Waals surface area (Å²) in [6.45, 7) is 4.44. The predicted octanol–water partition coefficient (Wildman–Crippen LogP) is 7.93. The number of carboxylic acid groups (broad SMARTS) is 1. The van der Waals surface area contributed by atoms with Crippen LogP contribution in [0.5, 0.6) is 0 Å². The zero-order valence-electron chi connectivity index (χ0n) is 22.1. The van der Waals surface area contributed by atoms with E-state index in [-0.39, 0.29) is 49.8 Å². The molecule has 214 valence electrons. The predicted molar refractivity (Wildman–Crippen MR) is 143 cm³/mol. The lowest BCUT2D eigenvalue weighted by molar-refractivity contribution is -0.142. The molecule has 0 bridgehead atoms. The molecule has 0 amide bonds. The minimum absolute atomic E-state index is 0.0395. The SMILES string of the molecule is CC(C)CC(C(=O)O)c1cc(-c2ccccc2)cc(N2CCN(c3ccc(C(F)(F)F)cc3)CC2)c1C(F)(F)F. The standard InChI is InChI=1S/C30H30F6N2O2/c1-19(2)16-25(28(39)40)24-17-21(20-6-4-3-5-7-20)18-26(27(24)30(34,35)36)38-14-12-37(13-15-38)23-10-8-22(9-11-23)29(31,32)33/h3-11,17-19,25H,12-16H2,1-2H3,(H,39,40). The van der Waals surface area contributed by atoms with Crippen LogP contribution >= 0.6 is 0 Å². The largest absolute Gasteiger partial charge is 0.481 e. The molecule has 1 fully saturated rings. The number of carbonyl (C=O) groups is 1. The summed E-state index contributed by atoms with van der Waals surface area (Å²) in [5.74, 6) is -2.83. The van der Waals surface area contributed by atoms with E-state index in [2.05, 4.69) is 0 Å². The molecule has 0 radical (unpaired) electrons. The van der Waals surface area contributed by atoms with Gasteiger partial charge >= 0.3 is 18.3 Å². The van der Waals surface area contributed by atoms with Gasteiger partial charge in [-0.3, -0.25) is 4.79 Å². The van der Waals surface area contributed by atoms with Crippen LogP contribution in [0.1, 0.15) is 42.9 Å². The summed E-state index contributed by atoms with van der Waals surface area (Å²) in [4.78, 5) is 15.7. The topological polar surface area (TPSA) is 43.8 Å². The number of hydrogen-bond donors (Lipinski definition) is 1. The van der Waals surface area contributed by atoms with Crippen molar-refractivity contribution in [3.63, 3.8) is 0 Å². The summed E-state index contributed by atoms with van der Waals surface area (Å²) < 4.78 is 83.0. The number of halogens is 6. The van der Waals surface area contributed by atoms with Crippen molar-refractivity contribution in [3.05, 3.63) is 83.4 Å². The van der Waals surface area contributed by atoms with E-state index in [1.54, 1.807) is 49.1 Å². The van der Waals surface area contributed by atoms with Crippen molar-refractivity contribution in [2.45, 2.75) is 38.5 Å². The first kappa shape index (κ1) is 29.3. The average molecular weight is 565 g/mol. The Hall–Kier alpha value is -3.69. The number of benzene rings is 3. The Balaban J connectivity index is 1.75. The maximum Gasteiger partial charge on any atom is 0.418 e. The Labute approximate surface area is 228 Å². The van der Waals surface area contributed by atoms with Crippen LogP contribution in [0.4, 0.5) is 37.7 Å². The second-order valence-corrected chi connectivity index (χ2v) is 10.4. The number of anilines is 2. The first-order chi connectivity index (χ1) is 18.8. The molecule has 1 atom stereocenters. The highest BCUT2D eigenvalue weighted by Crippen LogP contribution is 2.46. The summed E-state index contributed by atoms with van der Waals surface area (Å²) in [7, 11) is 0. The number of piperazine rings is 1. The molecule has 0 aromatic heterocycles. The third-order valence-corrected chi connectivity index (χ3v) is 7.10. The molecular weight excluding hydrogens is 534 g/mol. The molecule has 0 saturated carbocycles. The van der Waals surface area contributed by atoms with Gasteiger partial charge in [0.25, 0.3) is 0 Å². The zero-order valence-corrected chi connectivity index (χ0v) is 22.1. The van der Waals surface area contributed by atoms with Crippen LogP contribution in [0.3, 0.4) is 0 Å². The maximum atomic E-state index is 14.7. The van der Waals surface area contributed by atoms with Crippen LogP contribution in [0.2, 0.25) is 0 Å². The molecule has 10 heteroatoms. The molecule has 1 aliphatic rings. The zero-order chi connectivity index (χ0) is 29.2. The summed E-state index contributed by atoms with van der Waals surface area (Å²) in [6, 6.07) is 16.3. The minimum Gasteiger partial charge on any atom is -0.481 e. The minimum atomic E-state index is -4.81. The molecule has 4 nitrogen and oxygen atoms in total. The summed E-state index contributed by atoms with van der Waals surface area (Å²) >= 11 is 0. The number of alkyl halides is 6. The number of hydrogen-bond acceptors (Lipinski definition) is 3. The molecule has 1 aliphatic heterocycles. The van der Waals surface area contributed by atoms with Crippen molar-refractivity contribution in [2.75, 3.05) is 36.0 Å². The van der Waals surface area contributed by atoms with Crippen LogP contribution in [0.25, 0.3) is 11.1 Å². The van der Waals surface area contributed by atoms with Gasteiger partial charge < -0.3 is 14.9 Å². The Morgan fingerprint density at radius 2 is 1.38 bits per heavy atom. The molecular formula is C30H30F6N2O2. The lowest BCUT2D eigenvalue weighted by atomic mass is 9.84. The fourth-order valence-corrected chi connectivity index (χ4v) is 5.18. The fraction of sp³-hybridized carbons (Fsp3) is 0.367. The van der Waals surface area contributed by atoms with E-state index >= 15 is 0 Å². The van der Waals surface area contributed by atoms with Gasteiger partial charge in [0.15, 0.2) is 0 Å². The van der Waals surface area contributed by atoms with E-state index in [1.165, 1.54) is 24.3 Å². The quantitative estimate of drug-likeness (QED) is 0.296. The Morgan fingerprint density at radius 3 is 1.88 bits per heavy atom. The van der Waals surface area contributed by atoms with Crippen LogP contribution < -0.4 is 9.80 Å². The molecule has 1 N–H and O–H groups in total. The van der Waals surface area contributed by atoms with E-state index in [4.69, 9.17) is 0 Å². The summed E-state index contributed by atoms with van der Waals surface area (Å²) in [5.41, 5.74) is -0.395. The smallest absolute Gasteiger partial charge is 0.418 e.